The fourth-order valence-corrected chi connectivity index (χ4v) is 1.61. The maximum absolute atomic E-state index is 12.8. The Bertz CT molecular complexity index is 603. The fourth-order valence-electron chi connectivity index (χ4n) is 1.61. The number of carbonyl (C=O) groups excluding carboxylic acids is 1. The van der Waals surface area contributed by atoms with E-state index < -0.39 is 11.8 Å². The molecule has 0 saturated carbocycles. The van der Waals surface area contributed by atoms with Gasteiger partial charge in [0.25, 0.3) is 5.78 Å². The van der Waals surface area contributed by atoms with Crippen molar-refractivity contribution in [2.75, 3.05) is 0 Å². The van der Waals surface area contributed by atoms with Crippen molar-refractivity contribution < 1.29 is 19.1 Å². The van der Waals surface area contributed by atoms with Gasteiger partial charge in [-0.1, -0.05) is 30.3 Å². The lowest BCUT2D eigenvalue weighted by Crippen LogP contribution is -2.12. The Labute approximate surface area is 103 Å². The van der Waals surface area contributed by atoms with Gasteiger partial charge in [-0.2, -0.15) is 0 Å². The summed E-state index contributed by atoms with van der Waals surface area (Å²) in [7, 11) is 0. The zero-order valence-corrected chi connectivity index (χ0v) is 9.26. The van der Waals surface area contributed by atoms with E-state index in [0.717, 1.165) is 5.56 Å². The summed E-state index contributed by atoms with van der Waals surface area (Å²) in [6.45, 7) is 0. The van der Waals surface area contributed by atoms with Gasteiger partial charge in [-0.25, -0.2) is 9.18 Å². The van der Waals surface area contributed by atoms with Crippen LogP contribution in [0.4, 0.5) is 4.39 Å². The van der Waals surface area contributed by atoms with E-state index in [1.165, 1.54) is 24.3 Å². The van der Waals surface area contributed by atoms with Gasteiger partial charge in [0.05, 0.1) is 0 Å². The first-order chi connectivity index (χ1) is 8.58. The standard InChI is InChI=1S/C14H9FO3/c15-12-6-4-9(5-7-12)10-2-1-3-11(8-10)13(16)14(17)18/h1-8H,(H,17,18). The molecule has 0 unspecified atom stereocenters. The molecule has 0 spiro atoms. The fraction of sp³-hybridized carbons (Fsp3) is 0. The van der Waals surface area contributed by atoms with Crippen molar-refractivity contribution >= 4 is 11.8 Å². The summed E-state index contributed by atoms with van der Waals surface area (Å²) in [4.78, 5) is 21.9. The van der Waals surface area contributed by atoms with E-state index in [1.54, 1.807) is 24.3 Å². The minimum Gasteiger partial charge on any atom is -0.475 e. The molecule has 0 bridgehead atoms. The average molecular weight is 244 g/mol. The van der Waals surface area contributed by atoms with Gasteiger partial charge >= 0.3 is 5.97 Å². The lowest BCUT2D eigenvalue weighted by Gasteiger charge is -2.03. The van der Waals surface area contributed by atoms with E-state index in [1.807, 2.05) is 0 Å². The quantitative estimate of drug-likeness (QED) is 0.667. The number of halogens is 1. The first-order valence-corrected chi connectivity index (χ1v) is 5.21. The Kier molecular flexibility index (Phi) is 3.19. The molecule has 0 atom stereocenters. The first kappa shape index (κ1) is 12.0. The molecule has 0 saturated heterocycles. The van der Waals surface area contributed by atoms with Crippen molar-refractivity contribution in [3.05, 3.63) is 59.9 Å². The van der Waals surface area contributed by atoms with Crippen molar-refractivity contribution in [2.24, 2.45) is 0 Å². The summed E-state index contributed by atoms with van der Waals surface area (Å²) >= 11 is 0. The zero-order valence-electron chi connectivity index (χ0n) is 9.26. The number of benzene rings is 2. The molecule has 1 N–H and O–H groups in total. The largest absolute Gasteiger partial charge is 0.475 e. The van der Waals surface area contributed by atoms with Crippen LogP contribution in [0.5, 0.6) is 0 Å². The Morgan fingerprint density at radius 2 is 1.61 bits per heavy atom. The molecule has 0 aliphatic carbocycles. The van der Waals surface area contributed by atoms with Gasteiger partial charge in [0, 0.05) is 5.56 Å². The molecule has 0 amide bonds. The lowest BCUT2D eigenvalue weighted by atomic mass is 10.0. The van der Waals surface area contributed by atoms with Crippen LogP contribution in [0.25, 0.3) is 11.1 Å². The highest BCUT2D eigenvalue weighted by Gasteiger charge is 2.14. The molecule has 0 heterocycles. The number of Topliss-reactive ketones (excluding diaryl/α,β-unsaturated/α-hetero) is 1. The van der Waals surface area contributed by atoms with Crippen LogP contribution in [-0.4, -0.2) is 16.9 Å². The van der Waals surface area contributed by atoms with Crippen molar-refractivity contribution in [3.63, 3.8) is 0 Å². The molecular weight excluding hydrogens is 235 g/mol. The predicted molar refractivity (Wildman–Crippen MR) is 63.8 cm³/mol. The molecule has 0 fully saturated rings. The van der Waals surface area contributed by atoms with Gasteiger partial charge in [-0.05, 0) is 29.3 Å². The molecule has 0 aliphatic rings. The molecule has 2 aromatic carbocycles. The predicted octanol–water partition coefficient (Wildman–Crippen LogP) is 2.76. The molecule has 2 aromatic rings. The Balaban J connectivity index is 2.41. The van der Waals surface area contributed by atoms with E-state index in [0.29, 0.717) is 5.56 Å². The van der Waals surface area contributed by atoms with Crippen molar-refractivity contribution in [1.29, 1.82) is 0 Å². The highest BCUT2D eigenvalue weighted by atomic mass is 19.1. The van der Waals surface area contributed by atoms with Crippen LogP contribution in [0, 0.1) is 5.82 Å². The van der Waals surface area contributed by atoms with Crippen molar-refractivity contribution in [3.8, 4) is 11.1 Å². The second kappa shape index (κ2) is 4.79. The number of ketones is 1. The number of rotatable bonds is 3. The van der Waals surface area contributed by atoms with Crippen molar-refractivity contribution in [2.45, 2.75) is 0 Å². The SMILES string of the molecule is O=C(O)C(=O)c1cccc(-c2ccc(F)cc2)c1. The van der Waals surface area contributed by atoms with E-state index in [9.17, 15) is 14.0 Å². The van der Waals surface area contributed by atoms with Crippen LogP contribution < -0.4 is 0 Å². The molecule has 0 aliphatic heterocycles. The van der Waals surface area contributed by atoms with Crippen LogP contribution in [-0.2, 0) is 4.79 Å². The number of carboxylic acid groups (broad SMARTS) is 1. The molecule has 90 valence electrons. The van der Waals surface area contributed by atoms with Gasteiger partial charge in [0.1, 0.15) is 5.82 Å². The normalized spacial score (nSPS) is 10.1. The summed E-state index contributed by atoms with van der Waals surface area (Å²) < 4.78 is 12.8. The van der Waals surface area contributed by atoms with Gasteiger partial charge in [0.2, 0.25) is 0 Å². The summed E-state index contributed by atoms with van der Waals surface area (Å²) in [6, 6.07) is 12.0. The topological polar surface area (TPSA) is 54.4 Å². The van der Waals surface area contributed by atoms with E-state index in [-0.39, 0.29) is 11.4 Å². The molecule has 2 rings (SSSR count). The molecular formula is C14H9FO3. The van der Waals surface area contributed by atoms with Crippen LogP contribution in [0.3, 0.4) is 0 Å². The van der Waals surface area contributed by atoms with Gasteiger partial charge in [-0.3, -0.25) is 4.79 Å². The maximum atomic E-state index is 12.8. The highest BCUT2D eigenvalue weighted by Crippen LogP contribution is 2.21. The summed E-state index contributed by atoms with van der Waals surface area (Å²) in [6.07, 6.45) is 0. The smallest absolute Gasteiger partial charge is 0.377 e. The van der Waals surface area contributed by atoms with Crippen LogP contribution in [0.2, 0.25) is 0 Å². The Morgan fingerprint density at radius 1 is 0.944 bits per heavy atom. The number of carboxylic acids is 1. The summed E-state index contributed by atoms with van der Waals surface area (Å²) in [5, 5.41) is 8.63. The first-order valence-electron chi connectivity index (χ1n) is 5.21. The molecule has 0 aromatic heterocycles. The molecule has 18 heavy (non-hydrogen) atoms. The van der Waals surface area contributed by atoms with Crippen LogP contribution in [0.15, 0.2) is 48.5 Å². The minimum absolute atomic E-state index is 0.101. The van der Waals surface area contributed by atoms with Crippen LogP contribution >= 0.6 is 0 Å². The third-order valence-corrected chi connectivity index (χ3v) is 2.50. The average Bonchev–Trinajstić information content (AvgIpc) is 2.38. The Morgan fingerprint density at radius 3 is 2.22 bits per heavy atom. The number of carbonyl (C=O) groups is 2. The van der Waals surface area contributed by atoms with Gasteiger partial charge in [0.15, 0.2) is 0 Å². The highest BCUT2D eigenvalue weighted by molar-refractivity contribution is 6.39. The molecule has 0 radical (unpaired) electrons. The van der Waals surface area contributed by atoms with Gasteiger partial charge < -0.3 is 5.11 Å². The summed E-state index contributed by atoms with van der Waals surface area (Å²) in [5.41, 5.74) is 1.49. The van der Waals surface area contributed by atoms with E-state index in [2.05, 4.69) is 0 Å². The Hall–Kier alpha value is -2.49. The second-order valence-electron chi connectivity index (χ2n) is 3.72. The van der Waals surface area contributed by atoms with Crippen molar-refractivity contribution in [1.82, 2.24) is 0 Å². The third-order valence-electron chi connectivity index (χ3n) is 2.50. The monoisotopic (exact) mass is 244 g/mol. The van der Waals surface area contributed by atoms with E-state index in [4.69, 9.17) is 5.11 Å². The molecule has 4 heteroatoms. The maximum Gasteiger partial charge on any atom is 0.377 e. The van der Waals surface area contributed by atoms with Gasteiger partial charge in [-0.15, -0.1) is 0 Å². The van der Waals surface area contributed by atoms with E-state index >= 15 is 0 Å². The number of hydrogen-bond donors (Lipinski definition) is 1. The number of aliphatic carboxylic acids is 1. The summed E-state index contributed by atoms with van der Waals surface area (Å²) in [5.74, 6) is -2.80. The zero-order chi connectivity index (χ0) is 13.1. The second-order valence-corrected chi connectivity index (χ2v) is 3.72. The van der Waals surface area contributed by atoms with Crippen LogP contribution in [0.1, 0.15) is 10.4 Å². The lowest BCUT2D eigenvalue weighted by molar-refractivity contribution is -0.131. The minimum atomic E-state index is -1.49. The number of hydrogen-bond acceptors (Lipinski definition) is 2. The third kappa shape index (κ3) is 2.43. The molecule has 3 nitrogen and oxygen atoms in total.